The predicted molar refractivity (Wildman–Crippen MR) is 159 cm³/mol. The summed E-state index contributed by atoms with van der Waals surface area (Å²) < 4.78 is 27.2. The smallest absolute Gasteiger partial charge is 0.324 e. The molecule has 1 aromatic carbocycles. The van der Waals surface area contributed by atoms with Crippen LogP contribution in [0.2, 0.25) is 0 Å². The number of benzene rings is 1. The standard InChI is InChI=1S/C27H28FN7O3S.C2H2/c1-27(2,3)22-13-23(35(34-22)17-11-16(28)14-29-15-17)33-26(36)32-19-6-5-18(12-21(19)39-4)38-20-7-8-30-25-24(20)37-10-9-31-25;1-2/h5-8,11-15H,9-10H2,1-4H3,(H,30,31)(H2,32,33,36);1-2H. The lowest BCUT2D eigenvalue weighted by Gasteiger charge is -2.20. The van der Waals surface area contributed by atoms with Gasteiger partial charge in [-0.2, -0.15) is 5.10 Å². The number of pyridine rings is 2. The maximum Gasteiger partial charge on any atom is 0.324 e. The van der Waals surface area contributed by atoms with Gasteiger partial charge in [-0.3, -0.25) is 10.3 Å². The number of hydrogen-bond acceptors (Lipinski definition) is 8. The lowest BCUT2D eigenvalue weighted by atomic mass is 9.92. The van der Waals surface area contributed by atoms with Gasteiger partial charge in [0, 0.05) is 34.7 Å². The lowest BCUT2D eigenvalue weighted by molar-refractivity contribution is 0.262. The molecule has 12 heteroatoms. The number of urea groups is 1. The van der Waals surface area contributed by atoms with E-state index in [0.717, 1.165) is 16.8 Å². The van der Waals surface area contributed by atoms with Crippen molar-refractivity contribution in [2.75, 3.05) is 35.4 Å². The molecule has 0 radical (unpaired) electrons. The summed E-state index contributed by atoms with van der Waals surface area (Å²) in [7, 11) is 0. The second kappa shape index (κ2) is 12.6. The van der Waals surface area contributed by atoms with E-state index in [1.165, 1.54) is 28.7 Å². The Morgan fingerprint density at radius 1 is 1.17 bits per heavy atom. The highest BCUT2D eigenvalue weighted by Crippen LogP contribution is 2.39. The van der Waals surface area contributed by atoms with Crippen molar-refractivity contribution in [3.63, 3.8) is 0 Å². The van der Waals surface area contributed by atoms with E-state index in [4.69, 9.17) is 9.47 Å². The third-order valence-electron chi connectivity index (χ3n) is 5.81. The fourth-order valence-electron chi connectivity index (χ4n) is 3.88. The average Bonchev–Trinajstić information content (AvgIpc) is 3.39. The average molecular weight is 576 g/mol. The number of nitrogens with zero attached hydrogens (tertiary/aromatic N) is 4. The Balaban J connectivity index is 0.00000189. The minimum Gasteiger partial charge on any atom is -0.485 e. The number of carbonyl (C=O) groups is 1. The first-order valence-corrected chi connectivity index (χ1v) is 13.8. The monoisotopic (exact) mass is 575 g/mol. The Hall–Kier alpha value is -4.76. The molecule has 0 saturated carbocycles. The van der Waals surface area contributed by atoms with Gasteiger partial charge in [0.05, 0.1) is 36.0 Å². The van der Waals surface area contributed by atoms with Crippen LogP contribution in [0.1, 0.15) is 26.5 Å². The van der Waals surface area contributed by atoms with Crippen LogP contribution in [0.4, 0.5) is 26.5 Å². The van der Waals surface area contributed by atoms with Crippen LogP contribution in [-0.4, -0.2) is 45.2 Å². The van der Waals surface area contributed by atoms with Crippen LogP contribution in [0.5, 0.6) is 17.2 Å². The van der Waals surface area contributed by atoms with E-state index in [-0.39, 0.29) is 5.41 Å². The minimum absolute atomic E-state index is 0.296. The second-order valence-electron chi connectivity index (χ2n) is 9.74. The lowest BCUT2D eigenvalue weighted by Crippen LogP contribution is -2.21. The van der Waals surface area contributed by atoms with Gasteiger partial charge in [0.25, 0.3) is 0 Å². The molecule has 0 bridgehead atoms. The number of halogens is 1. The minimum atomic E-state index is -0.502. The maximum absolute atomic E-state index is 13.9. The fraction of sp³-hybridized carbons (Fsp3) is 0.241. The Labute approximate surface area is 242 Å². The summed E-state index contributed by atoms with van der Waals surface area (Å²) in [5, 5.41) is 13.5. The molecule has 1 aliphatic rings. The number of ether oxygens (including phenoxy) is 2. The molecule has 212 valence electrons. The number of fused-ring (bicyclic) bond motifs is 1. The summed E-state index contributed by atoms with van der Waals surface area (Å²) in [5.74, 6) is 2.22. The van der Waals surface area contributed by atoms with Gasteiger partial charge >= 0.3 is 6.03 Å². The Kier molecular flexibility index (Phi) is 8.99. The number of terminal acetylenes is 1. The van der Waals surface area contributed by atoms with Crippen molar-refractivity contribution in [1.82, 2.24) is 19.7 Å². The molecular formula is C29H30FN7O3S. The number of carbonyl (C=O) groups excluding carboxylic acids is 1. The molecule has 2 amide bonds. The van der Waals surface area contributed by atoms with E-state index < -0.39 is 11.8 Å². The highest BCUT2D eigenvalue weighted by Gasteiger charge is 2.22. The number of hydrogen-bond donors (Lipinski definition) is 3. The van der Waals surface area contributed by atoms with Crippen molar-refractivity contribution < 1.29 is 18.7 Å². The van der Waals surface area contributed by atoms with Crippen molar-refractivity contribution in [3.05, 3.63) is 66.5 Å². The largest absolute Gasteiger partial charge is 0.485 e. The van der Waals surface area contributed by atoms with Crippen LogP contribution in [-0.2, 0) is 5.41 Å². The Morgan fingerprint density at radius 3 is 2.71 bits per heavy atom. The van der Waals surface area contributed by atoms with Crippen molar-refractivity contribution in [1.29, 1.82) is 0 Å². The number of aromatic nitrogens is 4. The summed E-state index contributed by atoms with van der Waals surface area (Å²) in [6, 6.07) is 9.70. The first kappa shape index (κ1) is 29.2. The number of rotatable bonds is 6. The van der Waals surface area contributed by atoms with Gasteiger partial charge in [-0.25, -0.2) is 18.9 Å². The summed E-state index contributed by atoms with van der Waals surface area (Å²) in [4.78, 5) is 22.1. The molecule has 3 aromatic heterocycles. The van der Waals surface area contributed by atoms with Crippen LogP contribution in [0.3, 0.4) is 0 Å². The van der Waals surface area contributed by atoms with Gasteiger partial charge in [0.2, 0.25) is 5.75 Å². The first-order chi connectivity index (χ1) is 19.7. The van der Waals surface area contributed by atoms with Gasteiger partial charge in [0.15, 0.2) is 11.6 Å². The molecule has 0 aliphatic carbocycles. The molecule has 3 N–H and O–H groups in total. The van der Waals surface area contributed by atoms with Crippen molar-refractivity contribution in [3.8, 4) is 35.8 Å². The normalized spacial score (nSPS) is 12.1. The van der Waals surface area contributed by atoms with E-state index in [1.54, 1.807) is 30.5 Å². The molecule has 0 fully saturated rings. The van der Waals surface area contributed by atoms with E-state index in [1.807, 2.05) is 33.1 Å². The number of nitrogens with one attached hydrogen (secondary N) is 3. The molecule has 0 atom stereocenters. The summed E-state index contributed by atoms with van der Waals surface area (Å²) in [6.45, 7) is 7.22. The zero-order chi connectivity index (χ0) is 29.6. The maximum atomic E-state index is 13.9. The Morgan fingerprint density at radius 2 is 1.98 bits per heavy atom. The topological polar surface area (TPSA) is 115 Å². The van der Waals surface area contributed by atoms with Gasteiger partial charge in [-0.15, -0.1) is 24.6 Å². The number of thioether (sulfide) groups is 1. The van der Waals surface area contributed by atoms with Crippen molar-refractivity contribution >= 4 is 35.1 Å². The molecule has 4 aromatic rings. The van der Waals surface area contributed by atoms with Gasteiger partial charge in [-0.1, -0.05) is 20.8 Å². The summed E-state index contributed by atoms with van der Waals surface area (Å²) >= 11 is 1.46. The Bertz CT molecular complexity index is 1570. The molecule has 5 rings (SSSR count). The quantitative estimate of drug-likeness (QED) is 0.181. The second-order valence-corrected chi connectivity index (χ2v) is 10.6. The zero-order valence-electron chi connectivity index (χ0n) is 23.1. The van der Waals surface area contributed by atoms with Gasteiger partial charge in [0.1, 0.15) is 24.0 Å². The first-order valence-electron chi connectivity index (χ1n) is 12.6. The third kappa shape index (κ3) is 6.88. The third-order valence-corrected chi connectivity index (χ3v) is 6.59. The molecule has 0 unspecified atom stereocenters. The summed E-state index contributed by atoms with van der Waals surface area (Å²) in [5.41, 5.74) is 1.42. The molecule has 10 nitrogen and oxygen atoms in total. The summed E-state index contributed by atoms with van der Waals surface area (Å²) in [6.07, 6.45) is 14.2. The SMILES string of the molecule is C#C.CSc1cc(Oc2ccnc3c2OCCN3)ccc1NC(=O)Nc1cc(C(C)(C)C)nn1-c1cncc(F)c1. The van der Waals surface area contributed by atoms with E-state index in [2.05, 4.69) is 43.9 Å². The van der Waals surface area contributed by atoms with Gasteiger partial charge < -0.3 is 20.1 Å². The molecule has 0 saturated heterocycles. The number of anilines is 3. The van der Waals surface area contributed by atoms with Gasteiger partial charge in [-0.05, 0) is 24.5 Å². The highest BCUT2D eigenvalue weighted by molar-refractivity contribution is 7.98. The van der Waals surface area contributed by atoms with E-state index in [9.17, 15) is 9.18 Å². The fourth-order valence-corrected chi connectivity index (χ4v) is 4.46. The van der Waals surface area contributed by atoms with Crippen LogP contribution in [0.25, 0.3) is 5.69 Å². The molecule has 41 heavy (non-hydrogen) atoms. The number of amides is 2. The van der Waals surface area contributed by atoms with Crippen molar-refractivity contribution in [2.24, 2.45) is 0 Å². The predicted octanol–water partition coefficient (Wildman–Crippen LogP) is 6.31. The molecule has 4 heterocycles. The molecule has 0 spiro atoms. The van der Waals surface area contributed by atoms with Crippen molar-refractivity contribution in [2.45, 2.75) is 31.1 Å². The van der Waals surface area contributed by atoms with E-state index in [0.29, 0.717) is 53.4 Å². The van der Waals surface area contributed by atoms with Crippen LogP contribution in [0.15, 0.2) is 59.9 Å². The van der Waals surface area contributed by atoms with Crippen LogP contribution < -0.4 is 25.4 Å². The molecular weight excluding hydrogens is 545 g/mol. The zero-order valence-corrected chi connectivity index (χ0v) is 23.9. The van der Waals surface area contributed by atoms with Crippen LogP contribution in [0, 0.1) is 18.7 Å². The highest BCUT2D eigenvalue weighted by atomic mass is 32.2. The van der Waals surface area contributed by atoms with E-state index >= 15 is 0 Å². The van der Waals surface area contributed by atoms with Crippen LogP contribution >= 0.6 is 11.8 Å². The molecule has 1 aliphatic heterocycles.